The molecule has 0 amide bonds. The normalized spacial score (nSPS) is 16.8. The number of aromatic nitrogens is 2. The number of alkyl halides is 2. The van der Waals surface area contributed by atoms with Crippen LogP contribution in [0.2, 0.25) is 0 Å². The molecule has 0 spiro atoms. The van der Waals surface area contributed by atoms with Crippen molar-refractivity contribution in [2.24, 2.45) is 10.9 Å². The van der Waals surface area contributed by atoms with E-state index in [4.69, 9.17) is 0 Å². The minimum atomic E-state index is -2.57. The molecule has 0 saturated carbocycles. The average molecular weight is 427 g/mol. The Morgan fingerprint density at radius 1 is 1.45 bits per heavy atom. The van der Waals surface area contributed by atoms with Crippen LogP contribution in [0.1, 0.15) is 39.1 Å². The number of aliphatic imine (C=N–C) groups is 1. The minimum absolute atomic E-state index is 0. The van der Waals surface area contributed by atoms with Crippen LogP contribution in [0.5, 0.6) is 0 Å². The Hall–Kier alpha value is -0.930. The van der Waals surface area contributed by atoms with Gasteiger partial charge in [-0.1, -0.05) is 6.92 Å². The van der Waals surface area contributed by atoms with Crippen molar-refractivity contribution in [1.82, 2.24) is 19.8 Å². The van der Waals surface area contributed by atoms with Gasteiger partial charge in [0.2, 0.25) is 0 Å². The molecule has 1 aliphatic rings. The first-order chi connectivity index (χ1) is 10.1. The summed E-state index contributed by atoms with van der Waals surface area (Å²) in [6, 6.07) is 0. The molecule has 0 atom stereocenters. The molecule has 0 aromatic carbocycles. The molecule has 22 heavy (non-hydrogen) atoms. The first-order valence-electron chi connectivity index (χ1n) is 7.45. The Bertz CT molecular complexity index is 470. The van der Waals surface area contributed by atoms with E-state index in [2.05, 4.69) is 27.1 Å². The van der Waals surface area contributed by atoms with Crippen LogP contribution < -0.4 is 5.32 Å². The molecule has 0 aliphatic carbocycles. The van der Waals surface area contributed by atoms with Gasteiger partial charge in [0.15, 0.2) is 5.96 Å². The molecule has 0 unspecified atom stereocenters. The quantitative estimate of drug-likeness (QED) is 0.457. The Balaban J connectivity index is 0.00000242. The number of halogens is 3. The number of nitrogens with one attached hydrogen (secondary N) is 1. The maximum absolute atomic E-state index is 12.8. The van der Waals surface area contributed by atoms with Crippen molar-refractivity contribution >= 4 is 29.9 Å². The van der Waals surface area contributed by atoms with Gasteiger partial charge in [0.05, 0.1) is 0 Å². The van der Waals surface area contributed by atoms with Gasteiger partial charge in [-0.2, -0.15) is 8.78 Å². The van der Waals surface area contributed by atoms with Crippen molar-refractivity contribution < 1.29 is 8.78 Å². The molecule has 2 rings (SSSR count). The molecule has 5 nitrogen and oxygen atoms in total. The van der Waals surface area contributed by atoms with E-state index < -0.39 is 6.55 Å². The van der Waals surface area contributed by atoms with Crippen LogP contribution in [0.4, 0.5) is 8.78 Å². The van der Waals surface area contributed by atoms with Gasteiger partial charge in [-0.25, -0.2) is 9.98 Å². The van der Waals surface area contributed by atoms with Crippen molar-refractivity contribution in [2.75, 3.05) is 19.6 Å². The van der Waals surface area contributed by atoms with Gasteiger partial charge in [0, 0.05) is 32.0 Å². The van der Waals surface area contributed by atoms with Crippen LogP contribution >= 0.6 is 24.0 Å². The molecule has 0 radical (unpaired) electrons. The van der Waals surface area contributed by atoms with Crippen molar-refractivity contribution in [3.63, 3.8) is 0 Å². The molecule has 8 heteroatoms. The maximum atomic E-state index is 12.8. The summed E-state index contributed by atoms with van der Waals surface area (Å²) in [5.41, 5.74) is 0. The molecule has 1 fully saturated rings. The zero-order valence-corrected chi connectivity index (χ0v) is 15.3. The standard InChI is InChI=1S/C14H23F2N5.HI/c1-3-17-14(20-7-4-11(2)5-8-20)19-10-12-18-6-9-21(12)13(15)16;/h6,9,11,13H,3-5,7-8,10H2,1-2H3,(H,17,19);1H. The van der Waals surface area contributed by atoms with Gasteiger partial charge in [-0.15, -0.1) is 24.0 Å². The first kappa shape index (κ1) is 19.1. The summed E-state index contributed by atoms with van der Waals surface area (Å²) >= 11 is 0. The molecular formula is C14H24F2IN5. The number of imidazole rings is 1. The summed E-state index contributed by atoms with van der Waals surface area (Å²) in [5.74, 6) is 1.81. The van der Waals surface area contributed by atoms with E-state index in [1.54, 1.807) is 0 Å². The second-order valence-corrected chi connectivity index (χ2v) is 5.37. The van der Waals surface area contributed by atoms with Crippen LogP contribution in [0.15, 0.2) is 17.4 Å². The molecule has 126 valence electrons. The Morgan fingerprint density at radius 3 is 2.73 bits per heavy atom. The van der Waals surface area contributed by atoms with E-state index in [-0.39, 0.29) is 36.3 Å². The molecule has 1 aliphatic heterocycles. The lowest BCUT2D eigenvalue weighted by Crippen LogP contribution is -2.45. The highest BCUT2D eigenvalue weighted by molar-refractivity contribution is 14.0. The lowest BCUT2D eigenvalue weighted by molar-refractivity contribution is 0.0671. The van der Waals surface area contributed by atoms with E-state index in [1.165, 1.54) is 12.4 Å². The zero-order valence-electron chi connectivity index (χ0n) is 13.0. The van der Waals surface area contributed by atoms with Gasteiger partial charge < -0.3 is 10.2 Å². The van der Waals surface area contributed by atoms with E-state index in [0.717, 1.165) is 48.9 Å². The van der Waals surface area contributed by atoms with Gasteiger partial charge in [-0.05, 0) is 25.7 Å². The van der Waals surface area contributed by atoms with E-state index >= 15 is 0 Å². The van der Waals surface area contributed by atoms with Crippen molar-refractivity contribution in [3.05, 3.63) is 18.2 Å². The average Bonchev–Trinajstić information content (AvgIpc) is 2.93. The number of nitrogens with zero attached hydrogens (tertiary/aromatic N) is 4. The lowest BCUT2D eigenvalue weighted by atomic mass is 10.00. The van der Waals surface area contributed by atoms with Crippen LogP contribution in [0.3, 0.4) is 0 Å². The largest absolute Gasteiger partial charge is 0.357 e. The van der Waals surface area contributed by atoms with Crippen molar-refractivity contribution in [2.45, 2.75) is 39.8 Å². The molecular weight excluding hydrogens is 403 g/mol. The minimum Gasteiger partial charge on any atom is -0.357 e. The predicted molar refractivity (Wildman–Crippen MR) is 93.7 cm³/mol. The predicted octanol–water partition coefficient (Wildman–Crippen LogP) is 3.09. The van der Waals surface area contributed by atoms with E-state index in [9.17, 15) is 8.78 Å². The third-order valence-corrected chi connectivity index (χ3v) is 3.75. The molecule has 1 aromatic heterocycles. The van der Waals surface area contributed by atoms with Crippen LogP contribution in [0.25, 0.3) is 0 Å². The summed E-state index contributed by atoms with van der Waals surface area (Å²) in [4.78, 5) is 10.6. The van der Waals surface area contributed by atoms with Crippen molar-refractivity contribution in [3.8, 4) is 0 Å². The molecule has 1 aromatic rings. The number of likely N-dealkylation sites (tertiary alicyclic amines) is 1. The fraction of sp³-hybridized carbons (Fsp3) is 0.714. The van der Waals surface area contributed by atoms with Crippen molar-refractivity contribution in [1.29, 1.82) is 0 Å². The zero-order chi connectivity index (χ0) is 15.2. The number of piperidine rings is 1. The molecule has 1 saturated heterocycles. The SMILES string of the molecule is CCNC(=NCc1nccn1C(F)F)N1CCC(C)CC1.I. The topological polar surface area (TPSA) is 45.5 Å². The summed E-state index contributed by atoms with van der Waals surface area (Å²) < 4.78 is 26.4. The fourth-order valence-corrected chi connectivity index (χ4v) is 2.44. The molecule has 1 N–H and O–H groups in total. The summed E-state index contributed by atoms with van der Waals surface area (Å²) in [6.07, 6.45) is 4.93. The molecule has 2 heterocycles. The van der Waals surface area contributed by atoms with Gasteiger partial charge in [0.1, 0.15) is 12.4 Å². The van der Waals surface area contributed by atoms with Gasteiger partial charge in [0.25, 0.3) is 0 Å². The first-order valence-corrected chi connectivity index (χ1v) is 7.45. The summed E-state index contributed by atoms with van der Waals surface area (Å²) in [7, 11) is 0. The van der Waals surface area contributed by atoms with Crippen LogP contribution in [0, 0.1) is 5.92 Å². The second-order valence-electron chi connectivity index (χ2n) is 5.37. The Labute approximate surface area is 147 Å². The highest BCUT2D eigenvalue weighted by Gasteiger charge is 2.19. The second kappa shape index (κ2) is 9.26. The number of hydrogen-bond acceptors (Lipinski definition) is 2. The monoisotopic (exact) mass is 427 g/mol. The Morgan fingerprint density at radius 2 is 2.14 bits per heavy atom. The maximum Gasteiger partial charge on any atom is 0.319 e. The smallest absolute Gasteiger partial charge is 0.319 e. The third-order valence-electron chi connectivity index (χ3n) is 3.75. The van der Waals surface area contributed by atoms with Gasteiger partial charge >= 0.3 is 6.55 Å². The fourth-order valence-electron chi connectivity index (χ4n) is 2.44. The number of rotatable bonds is 4. The van der Waals surface area contributed by atoms with E-state index in [1.807, 2.05) is 6.92 Å². The lowest BCUT2D eigenvalue weighted by Gasteiger charge is -2.32. The highest BCUT2D eigenvalue weighted by Crippen LogP contribution is 2.17. The van der Waals surface area contributed by atoms with Crippen LogP contribution in [-0.4, -0.2) is 40.0 Å². The van der Waals surface area contributed by atoms with Crippen LogP contribution in [-0.2, 0) is 6.54 Å². The summed E-state index contributed by atoms with van der Waals surface area (Å²) in [6.45, 7) is 4.51. The third kappa shape index (κ3) is 5.06. The number of hydrogen-bond donors (Lipinski definition) is 1. The number of guanidine groups is 1. The highest BCUT2D eigenvalue weighted by atomic mass is 127. The Kier molecular flexibility index (Phi) is 8.05. The molecule has 0 bridgehead atoms. The van der Waals surface area contributed by atoms with Gasteiger partial charge in [-0.3, -0.25) is 4.57 Å². The summed E-state index contributed by atoms with van der Waals surface area (Å²) in [5, 5.41) is 3.23. The van der Waals surface area contributed by atoms with E-state index in [0.29, 0.717) is 0 Å².